The van der Waals surface area contributed by atoms with Gasteiger partial charge >= 0.3 is 47.6 Å². The van der Waals surface area contributed by atoms with E-state index in [0.29, 0.717) is 0 Å². The summed E-state index contributed by atoms with van der Waals surface area (Å²) in [4.78, 5) is 0. The van der Waals surface area contributed by atoms with Crippen LogP contribution in [0.15, 0.2) is 0 Å². The van der Waals surface area contributed by atoms with E-state index in [4.69, 9.17) is 0 Å². The van der Waals surface area contributed by atoms with Gasteiger partial charge in [0.2, 0.25) is 0 Å². The maximum absolute atomic E-state index is 13.1. The molecule has 0 saturated carbocycles. The number of alkyl halides is 18. The fourth-order valence-electron chi connectivity index (χ4n) is 1.44. The van der Waals surface area contributed by atoms with Gasteiger partial charge in [0, 0.05) is 0 Å². The molecule has 0 aromatic rings. The number of hydrogen-bond acceptors (Lipinski definition) is 0. The minimum absolute atomic E-state index is 3.98. The molecule has 0 aromatic carbocycles. The van der Waals surface area contributed by atoms with Gasteiger partial charge in [-0.3, -0.25) is 0 Å². The SMILES string of the molecule is FCC(F)(F)C(F)(F)C(F)(F)C(F)(F)C(F)(F)C(F)(C(F)(F)F)C(F)(F)F. The minimum Gasteiger partial charge on any atom is -0.244 e. The third-order valence-electron chi connectivity index (χ3n) is 3.02. The molecule has 0 unspecified atom stereocenters. The van der Waals surface area contributed by atoms with Crippen LogP contribution < -0.4 is 0 Å². The lowest BCUT2D eigenvalue weighted by atomic mass is 9.84. The molecule has 0 aliphatic carbocycles. The Hall–Kier alpha value is -1.26. The Morgan fingerprint density at radius 1 is 0.370 bits per heavy atom. The van der Waals surface area contributed by atoms with Crippen LogP contribution in [0.25, 0.3) is 0 Å². The highest BCUT2D eigenvalue weighted by molar-refractivity contribution is 5.17. The van der Waals surface area contributed by atoms with Gasteiger partial charge in [-0.15, -0.1) is 0 Å². The Labute approximate surface area is 135 Å². The van der Waals surface area contributed by atoms with Crippen LogP contribution >= 0.6 is 0 Å². The lowest BCUT2D eigenvalue weighted by Crippen LogP contribution is -2.76. The van der Waals surface area contributed by atoms with Crippen LogP contribution in [0.5, 0.6) is 0 Å². The van der Waals surface area contributed by atoms with Gasteiger partial charge in [-0.25, -0.2) is 8.78 Å². The highest BCUT2D eigenvalue weighted by Gasteiger charge is 2.97. The van der Waals surface area contributed by atoms with Crippen LogP contribution in [0.3, 0.4) is 0 Å². The molecule has 0 radical (unpaired) electrons. The number of halogens is 18. The Morgan fingerprint density at radius 3 is 0.852 bits per heavy atom. The van der Waals surface area contributed by atoms with E-state index in [1.807, 2.05) is 0 Å². The monoisotopic (exact) mass is 452 g/mol. The van der Waals surface area contributed by atoms with E-state index in [1.165, 1.54) is 0 Å². The van der Waals surface area contributed by atoms with E-state index in [1.54, 1.807) is 0 Å². The first-order valence-corrected chi connectivity index (χ1v) is 5.58. The van der Waals surface area contributed by atoms with Gasteiger partial charge in [0.15, 0.2) is 6.67 Å². The van der Waals surface area contributed by atoms with Crippen LogP contribution in [-0.4, -0.2) is 54.3 Å². The van der Waals surface area contributed by atoms with Crippen LogP contribution in [0.1, 0.15) is 0 Å². The van der Waals surface area contributed by atoms with Crippen molar-refractivity contribution in [2.75, 3.05) is 6.67 Å². The lowest BCUT2D eigenvalue weighted by Gasteiger charge is -2.43. The zero-order valence-electron chi connectivity index (χ0n) is 11.5. The predicted octanol–water partition coefficient (Wildman–Crippen LogP) is 5.97. The van der Waals surface area contributed by atoms with Gasteiger partial charge in [-0.1, -0.05) is 0 Å². The Balaban J connectivity index is 6.89. The summed E-state index contributed by atoms with van der Waals surface area (Å²) in [6, 6.07) is 0. The second-order valence-corrected chi connectivity index (χ2v) is 4.79. The molecule has 0 bridgehead atoms. The molecule has 0 heterocycles. The fraction of sp³-hybridized carbons (Fsp3) is 1.00. The van der Waals surface area contributed by atoms with E-state index >= 15 is 0 Å². The van der Waals surface area contributed by atoms with Gasteiger partial charge in [0.1, 0.15) is 0 Å². The van der Waals surface area contributed by atoms with E-state index in [-0.39, 0.29) is 0 Å². The largest absolute Gasteiger partial charge is 0.438 e. The lowest BCUT2D eigenvalue weighted by molar-refractivity contribution is -0.465. The standard InChI is InChI=1S/C9H2F18/c10-1-2(11,12)4(14,15)6(18,19)7(20,21)5(16,17)3(13,8(22,23)24)9(25,26)27/h1H2. The predicted molar refractivity (Wildman–Crippen MR) is 46.7 cm³/mol. The van der Waals surface area contributed by atoms with Crippen LogP contribution in [-0.2, 0) is 0 Å². The summed E-state index contributed by atoms with van der Waals surface area (Å²) < 4.78 is 225. The molecule has 0 fully saturated rings. The van der Waals surface area contributed by atoms with E-state index in [9.17, 15) is 79.0 Å². The molecule has 27 heavy (non-hydrogen) atoms. The summed E-state index contributed by atoms with van der Waals surface area (Å²) >= 11 is 0. The molecule has 0 spiro atoms. The summed E-state index contributed by atoms with van der Waals surface area (Å²) in [5, 5.41) is 0. The van der Waals surface area contributed by atoms with Crippen LogP contribution in [0, 0.1) is 0 Å². The van der Waals surface area contributed by atoms with E-state index in [0.717, 1.165) is 0 Å². The molecular formula is C9H2F18. The third kappa shape index (κ3) is 3.05. The fourth-order valence-corrected chi connectivity index (χ4v) is 1.44. The van der Waals surface area contributed by atoms with Crippen molar-refractivity contribution in [3.63, 3.8) is 0 Å². The Bertz CT molecular complexity index is 520. The Morgan fingerprint density at radius 2 is 0.630 bits per heavy atom. The molecule has 0 rings (SSSR count). The smallest absolute Gasteiger partial charge is 0.244 e. The average Bonchev–Trinajstić information content (AvgIpc) is 2.42. The van der Waals surface area contributed by atoms with Crippen molar-refractivity contribution in [2.24, 2.45) is 0 Å². The normalized spacial score (nSPS) is 16.7. The van der Waals surface area contributed by atoms with E-state index in [2.05, 4.69) is 0 Å². The molecular weight excluding hydrogens is 450 g/mol. The van der Waals surface area contributed by atoms with Crippen molar-refractivity contribution in [2.45, 2.75) is 47.6 Å². The quantitative estimate of drug-likeness (QED) is 0.436. The van der Waals surface area contributed by atoms with Crippen molar-refractivity contribution in [3.8, 4) is 0 Å². The summed E-state index contributed by atoms with van der Waals surface area (Å²) in [5.74, 6) is -41.0. The topological polar surface area (TPSA) is 0 Å². The van der Waals surface area contributed by atoms with Gasteiger partial charge in [0.05, 0.1) is 0 Å². The molecule has 0 N–H and O–H groups in total. The van der Waals surface area contributed by atoms with Crippen molar-refractivity contribution in [1.29, 1.82) is 0 Å². The van der Waals surface area contributed by atoms with Crippen molar-refractivity contribution < 1.29 is 79.0 Å². The van der Waals surface area contributed by atoms with Crippen molar-refractivity contribution in [1.82, 2.24) is 0 Å². The molecule has 0 aromatic heterocycles. The van der Waals surface area contributed by atoms with Gasteiger partial charge < -0.3 is 0 Å². The first kappa shape index (κ1) is 25.7. The third-order valence-corrected chi connectivity index (χ3v) is 3.02. The van der Waals surface area contributed by atoms with Crippen LogP contribution in [0.2, 0.25) is 0 Å². The van der Waals surface area contributed by atoms with Gasteiger partial charge in [0.25, 0.3) is 0 Å². The molecule has 0 aliphatic rings. The number of rotatable bonds is 6. The second-order valence-electron chi connectivity index (χ2n) is 4.79. The molecule has 164 valence electrons. The summed E-state index contributed by atoms with van der Waals surface area (Å²) in [6.07, 6.45) is -16.3. The van der Waals surface area contributed by atoms with Gasteiger partial charge in [-0.2, -0.15) is 70.2 Å². The maximum Gasteiger partial charge on any atom is 0.438 e. The Kier molecular flexibility index (Phi) is 5.83. The zero-order valence-corrected chi connectivity index (χ0v) is 11.5. The molecule has 18 heteroatoms. The maximum atomic E-state index is 13.1. The van der Waals surface area contributed by atoms with Gasteiger partial charge in [-0.05, 0) is 0 Å². The summed E-state index contributed by atoms with van der Waals surface area (Å²) in [6.45, 7) is -3.98. The molecule has 0 amide bonds. The first-order chi connectivity index (χ1) is 11.3. The summed E-state index contributed by atoms with van der Waals surface area (Å²) in [7, 11) is 0. The van der Waals surface area contributed by atoms with Crippen molar-refractivity contribution >= 4 is 0 Å². The number of hydrogen-bond donors (Lipinski definition) is 0. The highest BCUT2D eigenvalue weighted by atomic mass is 19.4. The molecule has 0 atom stereocenters. The van der Waals surface area contributed by atoms with E-state index < -0.39 is 54.3 Å². The summed E-state index contributed by atoms with van der Waals surface area (Å²) in [5.41, 5.74) is -8.58. The van der Waals surface area contributed by atoms with Crippen LogP contribution in [0.4, 0.5) is 79.0 Å². The highest BCUT2D eigenvalue weighted by Crippen LogP contribution is 2.65. The zero-order chi connectivity index (χ0) is 22.7. The second kappa shape index (κ2) is 6.12. The molecule has 0 saturated heterocycles. The molecule has 0 nitrogen and oxygen atoms in total. The first-order valence-electron chi connectivity index (χ1n) is 5.58. The van der Waals surface area contributed by atoms with Crippen molar-refractivity contribution in [3.05, 3.63) is 0 Å². The molecule has 0 aliphatic heterocycles. The minimum atomic E-state index is -8.81. The average molecular weight is 452 g/mol.